The Hall–Kier alpha value is 0.700. The molecule has 68 valence electrons. The summed E-state index contributed by atoms with van der Waals surface area (Å²) >= 11 is 0. The molecule has 2 heteroatoms. The fraction of sp³-hybridized carbons (Fsp3) is 1.00. The van der Waals surface area contributed by atoms with Crippen LogP contribution in [0.15, 0.2) is 0 Å². The van der Waals surface area contributed by atoms with Gasteiger partial charge in [-0.1, -0.05) is 42.4 Å². The molecule has 0 spiro atoms. The smallest absolute Gasteiger partial charge is 0.0212 e. The minimum atomic E-state index is 0.414. The predicted octanol–water partition coefficient (Wildman–Crippen LogP) is 4.21. The second-order valence-electron chi connectivity index (χ2n) is 4.75. The highest BCUT2D eigenvalue weighted by Gasteiger charge is 2.25. The van der Waals surface area contributed by atoms with Crippen LogP contribution in [0.3, 0.4) is 0 Å². The Morgan fingerprint density at radius 3 is 1.73 bits per heavy atom. The van der Waals surface area contributed by atoms with Crippen molar-refractivity contribution in [1.29, 1.82) is 0 Å². The third kappa shape index (κ3) is 7.07. The van der Waals surface area contributed by atoms with Crippen LogP contribution in [0.2, 0.25) is 0 Å². The molecule has 0 rings (SSSR count). The van der Waals surface area contributed by atoms with Crippen LogP contribution in [0, 0.1) is 5.41 Å². The Bertz CT molecular complexity index is 111. The van der Waals surface area contributed by atoms with Crippen LogP contribution in [0.5, 0.6) is 0 Å². The van der Waals surface area contributed by atoms with E-state index in [2.05, 4.69) is 40.9 Å². The van der Waals surface area contributed by atoms with Gasteiger partial charge in [0.2, 0.25) is 0 Å². The van der Waals surface area contributed by atoms with E-state index in [9.17, 15) is 0 Å². The van der Waals surface area contributed by atoms with Gasteiger partial charge in [-0.05, 0) is 31.9 Å². The van der Waals surface area contributed by atoms with Crippen molar-refractivity contribution in [2.45, 2.75) is 45.8 Å². The summed E-state index contributed by atoms with van der Waals surface area (Å²) in [4.78, 5) is 0. The van der Waals surface area contributed by atoms with Crippen LogP contribution >= 0.6 is 21.6 Å². The molecule has 0 amide bonds. The number of hydrogen-bond acceptors (Lipinski definition) is 2. The molecular formula is C9H20S2. The van der Waals surface area contributed by atoms with Crippen molar-refractivity contribution in [1.82, 2.24) is 0 Å². The first kappa shape index (κ1) is 11.7. The summed E-state index contributed by atoms with van der Waals surface area (Å²) in [6.45, 7) is 11.5. The van der Waals surface area contributed by atoms with Gasteiger partial charge in [-0.25, -0.2) is 0 Å². The summed E-state index contributed by atoms with van der Waals surface area (Å²) < 4.78 is 0.414. The molecule has 0 atom stereocenters. The van der Waals surface area contributed by atoms with E-state index in [1.54, 1.807) is 0 Å². The molecule has 0 aromatic carbocycles. The van der Waals surface area contributed by atoms with Crippen molar-refractivity contribution in [2.75, 3.05) is 6.26 Å². The van der Waals surface area contributed by atoms with E-state index in [1.165, 1.54) is 6.42 Å². The van der Waals surface area contributed by atoms with Gasteiger partial charge in [0.15, 0.2) is 0 Å². The van der Waals surface area contributed by atoms with E-state index >= 15 is 0 Å². The maximum Gasteiger partial charge on any atom is 0.0212 e. The quantitative estimate of drug-likeness (QED) is 0.614. The van der Waals surface area contributed by atoms with Crippen molar-refractivity contribution in [2.24, 2.45) is 5.41 Å². The lowest BCUT2D eigenvalue weighted by Crippen LogP contribution is -2.22. The highest BCUT2D eigenvalue weighted by molar-refractivity contribution is 8.76. The van der Waals surface area contributed by atoms with Gasteiger partial charge in [0.05, 0.1) is 0 Å². The molecular weight excluding hydrogens is 172 g/mol. The largest absolute Gasteiger partial charge is 0.0971 e. The summed E-state index contributed by atoms with van der Waals surface area (Å²) in [5.74, 6) is 0. The summed E-state index contributed by atoms with van der Waals surface area (Å²) in [6.07, 6.45) is 3.42. The zero-order valence-electron chi connectivity index (χ0n) is 8.52. The SMILES string of the molecule is CSSC(C)(C)CC(C)(C)C. The fourth-order valence-corrected chi connectivity index (χ4v) is 4.01. The first-order valence-corrected chi connectivity index (χ1v) is 6.54. The van der Waals surface area contributed by atoms with Gasteiger partial charge in [0, 0.05) is 4.75 Å². The van der Waals surface area contributed by atoms with E-state index < -0.39 is 0 Å². The zero-order valence-corrected chi connectivity index (χ0v) is 10.2. The molecule has 0 aliphatic heterocycles. The molecule has 0 unspecified atom stereocenters. The maximum atomic E-state index is 2.32. The molecule has 0 N–H and O–H groups in total. The first-order valence-electron chi connectivity index (χ1n) is 3.99. The van der Waals surface area contributed by atoms with Gasteiger partial charge in [-0.2, -0.15) is 0 Å². The molecule has 0 aliphatic carbocycles. The summed E-state index contributed by atoms with van der Waals surface area (Å²) in [7, 11) is 3.84. The lowest BCUT2D eigenvalue weighted by Gasteiger charge is -2.30. The Labute approximate surface area is 79.3 Å². The topological polar surface area (TPSA) is 0 Å². The van der Waals surface area contributed by atoms with Crippen molar-refractivity contribution in [3.05, 3.63) is 0 Å². The molecule has 0 fully saturated rings. The zero-order chi connectivity index (χ0) is 9.12. The predicted molar refractivity (Wildman–Crippen MR) is 59.3 cm³/mol. The van der Waals surface area contributed by atoms with E-state index in [0.717, 1.165) is 0 Å². The van der Waals surface area contributed by atoms with Crippen LogP contribution < -0.4 is 0 Å². The monoisotopic (exact) mass is 192 g/mol. The van der Waals surface area contributed by atoms with E-state index in [0.29, 0.717) is 10.2 Å². The van der Waals surface area contributed by atoms with E-state index in [-0.39, 0.29) is 0 Å². The molecule has 0 aromatic rings. The van der Waals surface area contributed by atoms with Gasteiger partial charge >= 0.3 is 0 Å². The Balaban J connectivity index is 3.91. The minimum absolute atomic E-state index is 0.414. The lowest BCUT2D eigenvalue weighted by atomic mass is 9.86. The molecule has 0 aliphatic rings. The average Bonchev–Trinajstić information content (AvgIpc) is 1.55. The average molecular weight is 192 g/mol. The summed E-state index contributed by atoms with van der Waals surface area (Å²) in [5, 5.41) is 0. The lowest BCUT2D eigenvalue weighted by molar-refractivity contribution is 0.340. The molecule has 0 aromatic heterocycles. The van der Waals surface area contributed by atoms with Crippen LogP contribution in [0.25, 0.3) is 0 Å². The van der Waals surface area contributed by atoms with Crippen molar-refractivity contribution < 1.29 is 0 Å². The normalized spacial score (nSPS) is 13.6. The third-order valence-electron chi connectivity index (χ3n) is 1.26. The van der Waals surface area contributed by atoms with Crippen LogP contribution in [0.4, 0.5) is 0 Å². The molecule has 0 bridgehead atoms. The number of rotatable bonds is 3. The minimum Gasteiger partial charge on any atom is -0.0971 e. The second-order valence-corrected chi connectivity index (χ2v) is 7.85. The van der Waals surface area contributed by atoms with Crippen molar-refractivity contribution >= 4 is 21.6 Å². The molecule has 0 saturated heterocycles. The standard InChI is InChI=1S/C9H20S2/c1-8(2,3)7-9(4,5)11-10-6/h7H2,1-6H3. The first-order chi connectivity index (χ1) is 4.77. The second kappa shape index (κ2) is 4.08. The van der Waals surface area contributed by atoms with Gasteiger partial charge in [0.1, 0.15) is 0 Å². The van der Waals surface area contributed by atoms with Gasteiger partial charge in [-0.15, -0.1) is 0 Å². The Morgan fingerprint density at radius 2 is 1.45 bits per heavy atom. The maximum absolute atomic E-state index is 2.32. The Morgan fingerprint density at radius 1 is 1.00 bits per heavy atom. The molecule has 0 heterocycles. The van der Waals surface area contributed by atoms with Crippen molar-refractivity contribution in [3.63, 3.8) is 0 Å². The molecule has 0 radical (unpaired) electrons. The van der Waals surface area contributed by atoms with Crippen LogP contribution in [-0.4, -0.2) is 11.0 Å². The third-order valence-corrected chi connectivity index (χ3v) is 3.88. The molecule has 0 nitrogen and oxygen atoms in total. The number of hydrogen-bond donors (Lipinski definition) is 0. The van der Waals surface area contributed by atoms with Crippen LogP contribution in [-0.2, 0) is 0 Å². The van der Waals surface area contributed by atoms with Gasteiger partial charge in [-0.3, -0.25) is 0 Å². The summed E-state index contributed by atoms with van der Waals surface area (Å²) in [5.41, 5.74) is 0.451. The Kier molecular flexibility index (Phi) is 4.34. The fourth-order valence-electron chi connectivity index (χ4n) is 1.53. The van der Waals surface area contributed by atoms with Gasteiger partial charge in [0.25, 0.3) is 0 Å². The van der Waals surface area contributed by atoms with Crippen LogP contribution in [0.1, 0.15) is 41.0 Å². The molecule has 11 heavy (non-hydrogen) atoms. The molecule has 0 saturated carbocycles. The highest BCUT2D eigenvalue weighted by Crippen LogP contribution is 2.41. The van der Waals surface area contributed by atoms with Gasteiger partial charge < -0.3 is 0 Å². The summed E-state index contributed by atoms with van der Waals surface area (Å²) in [6, 6.07) is 0. The van der Waals surface area contributed by atoms with E-state index in [4.69, 9.17) is 0 Å². The highest BCUT2D eigenvalue weighted by atomic mass is 33.1. The van der Waals surface area contributed by atoms with E-state index in [1.807, 2.05) is 21.6 Å². The van der Waals surface area contributed by atoms with Crippen molar-refractivity contribution in [3.8, 4) is 0 Å².